The Labute approximate surface area is 153 Å². The Hall–Kier alpha value is -2.13. The van der Waals surface area contributed by atoms with E-state index in [1.165, 1.54) is 15.3 Å². The van der Waals surface area contributed by atoms with E-state index in [1.54, 1.807) is 30.3 Å². The molecule has 0 saturated carbocycles. The molecule has 1 aliphatic heterocycles. The highest BCUT2D eigenvalue weighted by Gasteiger charge is 2.36. The van der Waals surface area contributed by atoms with Crippen LogP contribution >= 0.6 is 0 Å². The van der Waals surface area contributed by atoms with Crippen LogP contribution in [0.15, 0.2) is 33.9 Å². The average molecular weight is 380 g/mol. The van der Waals surface area contributed by atoms with E-state index < -0.39 is 10.0 Å². The van der Waals surface area contributed by atoms with Crippen molar-refractivity contribution in [3.8, 4) is 0 Å². The summed E-state index contributed by atoms with van der Waals surface area (Å²) in [7, 11) is -1.95. The molecule has 0 bridgehead atoms. The molecule has 0 radical (unpaired) electrons. The Bertz CT molecular complexity index is 886. The van der Waals surface area contributed by atoms with Crippen molar-refractivity contribution in [2.45, 2.75) is 31.1 Å². The molecule has 3 rings (SSSR count). The van der Waals surface area contributed by atoms with Crippen molar-refractivity contribution >= 4 is 15.9 Å². The van der Waals surface area contributed by atoms with Crippen LogP contribution in [0, 0.1) is 0 Å². The molecule has 3 heterocycles. The molecule has 142 valence electrons. The summed E-state index contributed by atoms with van der Waals surface area (Å²) in [6.45, 7) is 6.95. The minimum Gasteiger partial charge on any atom is -0.459 e. The van der Waals surface area contributed by atoms with Gasteiger partial charge in [-0.3, -0.25) is 9.48 Å². The standard InChI is InChI=1S/C17H24N4O4S/c1-17(2,3)15-14(12-19(4)18-15)26(23,24)21-9-7-20(8-10-21)16(22)13-6-5-11-25-13/h5-6,11-12H,7-10H2,1-4H3. The lowest BCUT2D eigenvalue weighted by atomic mass is 9.92. The molecule has 0 unspecified atom stereocenters. The van der Waals surface area contributed by atoms with Crippen molar-refractivity contribution in [2.24, 2.45) is 7.05 Å². The lowest BCUT2D eigenvalue weighted by Gasteiger charge is -2.33. The first-order valence-electron chi connectivity index (χ1n) is 8.48. The van der Waals surface area contributed by atoms with Crippen LogP contribution in [0.5, 0.6) is 0 Å². The predicted molar refractivity (Wildman–Crippen MR) is 95.3 cm³/mol. The molecule has 0 spiro atoms. The quantitative estimate of drug-likeness (QED) is 0.804. The molecule has 2 aromatic rings. The molecule has 9 heteroatoms. The summed E-state index contributed by atoms with van der Waals surface area (Å²) in [5, 5.41) is 4.35. The Balaban J connectivity index is 1.78. The number of aryl methyl sites for hydroxylation is 1. The van der Waals surface area contributed by atoms with Gasteiger partial charge in [0.1, 0.15) is 4.90 Å². The van der Waals surface area contributed by atoms with E-state index in [1.807, 2.05) is 20.8 Å². The summed E-state index contributed by atoms with van der Waals surface area (Å²) in [5.41, 5.74) is 0.162. The van der Waals surface area contributed by atoms with Crippen LogP contribution in [0.25, 0.3) is 0 Å². The van der Waals surface area contributed by atoms with Gasteiger partial charge in [0.25, 0.3) is 5.91 Å². The molecular formula is C17H24N4O4S. The first-order chi connectivity index (χ1) is 12.1. The van der Waals surface area contributed by atoms with Crippen LogP contribution < -0.4 is 0 Å². The molecule has 1 fully saturated rings. The fourth-order valence-corrected chi connectivity index (χ4v) is 4.80. The lowest BCUT2D eigenvalue weighted by molar-refractivity contribution is 0.0666. The number of carbonyl (C=O) groups is 1. The van der Waals surface area contributed by atoms with Crippen LogP contribution in [0.1, 0.15) is 37.0 Å². The summed E-state index contributed by atoms with van der Waals surface area (Å²) < 4.78 is 34.3. The number of nitrogens with zero attached hydrogens (tertiary/aromatic N) is 4. The van der Waals surface area contributed by atoms with Crippen LogP contribution in [-0.2, 0) is 22.5 Å². The molecule has 0 N–H and O–H groups in total. The van der Waals surface area contributed by atoms with Gasteiger partial charge in [0.15, 0.2) is 5.76 Å². The number of hydrogen-bond acceptors (Lipinski definition) is 5. The van der Waals surface area contributed by atoms with Crippen LogP contribution in [0.3, 0.4) is 0 Å². The van der Waals surface area contributed by atoms with Crippen molar-refractivity contribution in [2.75, 3.05) is 26.2 Å². The monoisotopic (exact) mass is 380 g/mol. The zero-order valence-corrected chi connectivity index (χ0v) is 16.3. The Kier molecular flexibility index (Phi) is 4.70. The van der Waals surface area contributed by atoms with E-state index in [-0.39, 0.29) is 35.1 Å². The lowest BCUT2D eigenvalue weighted by Crippen LogP contribution is -2.50. The van der Waals surface area contributed by atoms with Gasteiger partial charge in [-0.05, 0) is 12.1 Å². The second kappa shape index (κ2) is 6.55. The number of piperazine rings is 1. The van der Waals surface area contributed by atoms with E-state index in [0.29, 0.717) is 18.8 Å². The summed E-state index contributed by atoms with van der Waals surface area (Å²) >= 11 is 0. The molecule has 0 aliphatic carbocycles. The highest BCUT2D eigenvalue weighted by molar-refractivity contribution is 7.89. The fraction of sp³-hybridized carbons (Fsp3) is 0.529. The molecule has 26 heavy (non-hydrogen) atoms. The maximum absolute atomic E-state index is 13.1. The van der Waals surface area contributed by atoms with E-state index >= 15 is 0 Å². The molecule has 1 amide bonds. The van der Waals surface area contributed by atoms with Crippen LogP contribution in [0.2, 0.25) is 0 Å². The normalized spacial score (nSPS) is 16.8. The van der Waals surface area contributed by atoms with Crippen molar-refractivity contribution in [1.29, 1.82) is 0 Å². The van der Waals surface area contributed by atoms with Crippen LogP contribution in [0.4, 0.5) is 0 Å². The first-order valence-corrected chi connectivity index (χ1v) is 9.92. The van der Waals surface area contributed by atoms with E-state index in [9.17, 15) is 13.2 Å². The Morgan fingerprint density at radius 3 is 2.38 bits per heavy atom. The third kappa shape index (κ3) is 3.41. The van der Waals surface area contributed by atoms with Gasteiger partial charge in [-0.1, -0.05) is 20.8 Å². The summed E-state index contributed by atoms with van der Waals surface area (Å²) in [6.07, 6.45) is 3.00. The van der Waals surface area contributed by atoms with E-state index in [0.717, 1.165) is 0 Å². The van der Waals surface area contributed by atoms with Gasteiger partial charge in [-0.15, -0.1) is 0 Å². The smallest absolute Gasteiger partial charge is 0.289 e. The highest BCUT2D eigenvalue weighted by atomic mass is 32.2. The third-order valence-electron chi connectivity index (χ3n) is 4.38. The van der Waals surface area contributed by atoms with Gasteiger partial charge < -0.3 is 9.32 Å². The zero-order valence-electron chi connectivity index (χ0n) is 15.5. The van der Waals surface area contributed by atoms with Crippen molar-refractivity contribution < 1.29 is 17.6 Å². The summed E-state index contributed by atoms with van der Waals surface area (Å²) in [5.74, 6) is 0.0485. The van der Waals surface area contributed by atoms with Gasteiger partial charge in [0, 0.05) is 44.8 Å². The summed E-state index contributed by atoms with van der Waals surface area (Å²) in [4.78, 5) is 14.2. The van der Waals surface area contributed by atoms with E-state index in [4.69, 9.17) is 4.42 Å². The van der Waals surface area contributed by atoms with Crippen molar-refractivity contribution in [3.05, 3.63) is 36.0 Å². The first kappa shape index (κ1) is 18.7. The van der Waals surface area contributed by atoms with Crippen LogP contribution in [-0.4, -0.2) is 59.5 Å². The minimum absolute atomic E-state index is 0.219. The highest BCUT2D eigenvalue weighted by Crippen LogP contribution is 2.29. The zero-order chi connectivity index (χ0) is 19.1. The summed E-state index contributed by atoms with van der Waals surface area (Å²) in [6, 6.07) is 3.26. The molecule has 2 aromatic heterocycles. The number of rotatable bonds is 3. The molecule has 0 aromatic carbocycles. The SMILES string of the molecule is Cn1cc(S(=O)(=O)N2CCN(C(=O)c3ccco3)CC2)c(C(C)(C)C)n1. The number of aromatic nitrogens is 2. The molecule has 0 atom stereocenters. The largest absolute Gasteiger partial charge is 0.459 e. The topological polar surface area (TPSA) is 88.7 Å². The molecular weight excluding hydrogens is 356 g/mol. The second-order valence-electron chi connectivity index (χ2n) is 7.44. The van der Waals surface area contributed by atoms with Crippen molar-refractivity contribution in [3.63, 3.8) is 0 Å². The van der Waals surface area contributed by atoms with Gasteiger partial charge in [-0.25, -0.2) is 8.42 Å². The van der Waals surface area contributed by atoms with Gasteiger partial charge in [0.05, 0.1) is 12.0 Å². The maximum atomic E-state index is 13.1. The predicted octanol–water partition coefficient (Wildman–Crippen LogP) is 1.46. The average Bonchev–Trinajstić information content (AvgIpc) is 3.23. The minimum atomic E-state index is -3.67. The number of carbonyl (C=O) groups excluding carboxylic acids is 1. The molecule has 1 aliphatic rings. The number of furan rings is 1. The molecule has 1 saturated heterocycles. The second-order valence-corrected chi connectivity index (χ2v) is 9.35. The fourth-order valence-electron chi connectivity index (χ4n) is 3.00. The number of sulfonamides is 1. The van der Waals surface area contributed by atoms with Gasteiger partial charge in [-0.2, -0.15) is 9.40 Å². The van der Waals surface area contributed by atoms with Gasteiger partial charge in [0.2, 0.25) is 10.0 Å². The Morgan fingerprint density at radius 1 is 1.19 bits per heavy atom. The number of amides is 1. The third-order valence-corrected chi connectivity index (χ3v) is 6.28. The molecule has 8 nitrogen and oxygen atoms in total. The maximum Gasteiger partial charge on any atom is 0.289 e. The van der Waals surface area contributed by atoms with Gasteiger partial charge >= 0.3 is 0 Å². The number of hydrogen-bond donors (Lipinski definition) is 0. The Morgan fingerprint density at radius 2 is 1.85 bits per heavy atom. The van der Waals surface area contributed by atoms with E-state index in [2.05, 4.69) is 5.10 Å². The van der Waals surface area contributed by atoms with Crippen molar-refractivity contribution in [1.82, 2.24) is 19.0 Å².